The number of benzene rings is 3. The summed E-state index contributed by atoms with van der Waals surface area (Å²) in [5.41, 5.74) is 1.91. The third kappa shape index (κ3) is 6.04. The number of methoxy groups -OCH3 is 1. The number of nitro groups is 1. The highest BCUT2D eigenvalue weighted by Crippen LogP contribution is 2.28. The van der Waals surface area contributed by atoms with E-state index in [1.165, 1.54) is 31.4 Å². The van der Waals surface area contributed by atoms with Gasteiger partial charge in [-0.3, -0.25) is 14.9 Å². The highest BCUT2D eigenvalue weighted by Gasteiger charge is 2.25. The molecule has 0 saturated heterocycles. The Labute approximate surface area is 190 Å². The molecule has 3 aromatic carbocycles. The molecule has 0 spiro atoms. The predicted molar refractivity (Wildman–Crippen MR) is 124 cm³/mol. The maximum atomic E-state index is 13.1. The lowest BCUT2D eigenvalue weighted by Gasteiger charge is -2.18. The quantitative estimate of drug-likeness (QED) is 0.229. The molecule has 168 valence electrons. The fourth-order valence-electron chi connectivity index (χ4n) is 3.13. The molecule has 8 heteroatoms. The van der Waals surface area contributed by atoms with E-state index >= 15 is 0 Å². The first-order valence-electron chi connectivity index (χ1n) is 10.0. The number of nitro benzene ring substituents is 1. The van der Waals surface area contributed by atoms with Crippen molar-refractivity contribution in [2.75, 3.05) is 12.4 Å². The number of nitrogens with zero attached hydrogens (tertiary/aromatic N) is 1. The molecule has 0 aromatic heterocycles. The van der Waals surface area contributed by atoms with Crippen LogP contribution in [0.4, 0.5) is 11.4 Å². The Hall–Kier alpha value is -4.46. The van der Waals surface area contributed by atoms with Crippen molar-refractivity contribution in [2.24, 2.45) is 0 Å². The highest BCUT2D eigenvalue weighted by molar-refractivity contribution is 5.98. The number of amides is 1. The van der Waals surface area contributed by atoms with Gasteiger partial charge in [-0.1, -0.05) is 48.5 Å². The first-order valence-corrected chi connectivity index (χ1v) is 10.0. The van der Waals surface area contributed by atoms with Crippen molar-refractivity contribution < 1.29 is 24.0 Å². The van der Waals surface area contributed by atoms with Gasteiger partial charge in [-0.05, 0) is 36.8 Å². The van der Waals surface area contributed by atoms with Gasteiger partial charge in [0, 0.05) is 17.7 Å². The van der Waals surface area contributed by atoms with E-state index in [0.29, 0.717) is 17.0 Å². The van der Waals surface area contributed by atoms with Crippen LogP contribution in [0.1, 0.15) is 22.8 Å². The van der Waals surface area contributed by atoms with E-state index in [1.54, 1.807) is 48.5 Å². The Morgan fingerprint density at radius 1 is 1.03 bits per heavy atom. The molecule has 0 aliphatic rings. The van der Waals surface area contributed by atoms with Crippen LogP contribution in [0.2, 0.25) is 0 Å². The summed E-state index contributed by atoms with van der Waals surface area (Å²) in [7, 11) is 1.49. The molecule has 3 rings (SSSR count). The predicted octanol–water partition coefficient (Wildman–Crippen LogP) is 4.85. The second kappa shape index (κ2) is 10.7. The van der Waals surface area contributed by atoms with Crippen LogP contribution in [-0.4, -0.2) is 23.9 Å². The molecule has 0 radical (unpaired) electrons. The Morgan fingerprint density at radius 3 is 2.42 bits per heavy atom. The summed E-state index contributed by atoms with van der Waals surface area (Å²) in [6.45, 7) is 1.87. The average Bonchev–Trinajstić information content (AvgIpc) is 2.82. The molecular formula is C25H22N2O6. The first kappa shape index (κ1) is 23.2. The van der Waals surface area contributed by atoms with Crippen LogP contribution in [0.15, 0.2) is 78.9 Å². The lowest BCUT2D eigenvalue weighted by Crippen LogP contribution is -2.25. The summed E-state index contributed by atoms with van der Waals surface area (Å²) < 4.78 is 10.7. The van der Waals surface area contributed by atoms with E-state index in [0.717, 1.165) is 11.6 Å². The molecule has 0 fully saturated rings. The molecule has 0 bridgehead atoms. The maximum absolute atomic E-state index is 13.1. The number of para-hydroxylation sites is 1. The van der Waals surface area contributed by atoms with Gasteiger partial charge in [0.25, 0.3) is 11.6 Å². The third-order valence-electron chi connectivity index (χ3n) is 4.72. The summed E-state index contributed by atoms with van der Waals surface area (Å²) >= 11 is 0. The van der Waals surface area contributed by atoms with Gasteiger partial charge in [0.1, 0.15) is 5.75 Å². The lowest BCUT2D eigenvalue weighted by molar-refractivity contribution is -0.385. The Balaban J connectivity index is 1.84. The minimum Gasteiger partial charge on any atom is -0.495 e. The molecule has 1 atom stereocenters. The minimum atomic E-state index is -1.25. The van der Waals surface area contributed by atoms with Gasteiger partial charge in [0.2, 0.25) is 6.10 Å². The number of aryl methyl sites for hydroxylation is 1. The highest BCUT2D eigenvalue weighted by atomic mass is 16.6. The standard InChI is InChI=1S/C25H22N2O6/c1-17-12-14-22(32-2)20(16-17)26-25(29)24(19-9-4-3-5-10-19)33-23(28)15-13-18-8-6-7-11-21(18)27(30)31/h3-16,24H,1-2H3,(H,26,29)/b15-13+. The Bertz CT molecular complexity index is 1190. The molecule has 1 N–H and O–H groups in total. The van der Waals surface area contributed by atoms with E-state index in [9.17, 15) is 19.7 Å². The van der Waals surface area contributed by atoms with Gasteiger partial charge in [0.05, 0.1) is 23.3 Å². The second-order valence-electron chi connectivity index (χ2n) is 7.07. The van der Waals surface area contributed by atoms with Crippen LogP contribution in [0.25, 0.3) is 6.08 Å². The number of nitrogens with one attached hydrogen (secondary N) is 1. The van der Waals surface area contributed by atoms with E-state index < -0.39 is 22.9 Å². The number of hydrogen-bond donors (Lipinski definition) is 1. The molecule has 3 aromatic rings. The number of esters is 1. The monoisotopic (exact) mass is 446 g/mol. The van der Waals surface area contributed by atoms with Crippen LogP contribution in [-0.2, 0) is 14.3 Å². The fraction of sp³-hybridized carbons (Fsp3) is 0.120. The zero-order chi connectivity index (χ0) is 23.8. The topological polar surface area (TPSA) is 108 Å². The van der Waals surface area contributed by atoms with Gasteiger partial charge in [0.15, 0.2) is 0 Å². The molecule has 0 aliphatic heterocycles. The fourth-order valence-corrected chi connectivity index (χ4v) is 3.13. The van der Waals surface area contributed by atoms with Gasteiger partial charge in [-0.25, -0.2) is 4.79 Å². The summed E-state index contributed by atoms with van der Waals surface area (Å²) in [5.74, 6) is -0.936. The number of hydrogen-bond acceptors (Lipinski definition) is 6. The maximum Gasteiger partial charge on any atom is 0.331 e. The summed E-state index contributed by atoms with van der Waals surface area (Å²) in [6.07, 6.45) is 1.09. The minimum absolute atomic E-state index is 0.148. The first-order chi connectivity index (χ1) is 15.9. The zero-order valence-corrected chi connectivity index (χ0v) is 18.1. The van der Waals surface area contributed by atoms with Crippen LogP contribution in [0.5, 0.6) is 5.75 Å². The van der Waals surface area contributed by atoms with Crippen molar-refractivity contribution in [3.63, 3.8) is 0 Å². The van der Waals surface area contributed by atoms with Gasteiger partial charge < -0.3 is 14.8 Å². The van der Waals surface area contributed by atoms with Crippen LogP contribution < -0.4 is 10.1 Å². The number of carbonyl (C=O) groups is 2. The van der Waals surface area contributed by atoms with Crippen molar-refractivity contribution in [2.45, 2.75) is 13.0 Å². The van der Waals surface area contributed by atoms with Gasteiger partial charge >= 0.3 is 5.97 Å². The molecule has 0 heterocycles. The molecule has 0 aliphatic carbocycles. The van der Waals surface area contributed by atoms with Crippen LogP contribution in [0, 0.1) is 17.0 Å². The van der Waals surface area contributed by atoms with Crippen molar-refractivity contribution in [3.05, 3.63) is 106 Å². The SMILES string of the molecule is COc1ccc(C)cc1NC(=O)C(OC(=O)/C=C/c1ccccc1[N+](=O)[O-])c1ccccc1. The number of anilines is 1. The van der Waals surface area contributed by atoms with Gasteiger partial charge in [-0.15, -0.1) is 0 Å². The van der Waals surface area contributed by atoms with Crippen LogP contribution in [0.3, 0.4) is 0 Å². The van der Waals surface area contributed by atoms with Crippen molar-refractivity contribution in [1.29, 1.82) is 0 Å². The molecule has 8 nitrogen and oxygen atoms in total. The van der Waals surface area contributed by atoms with E-state index in [1.807, 2.05) is 13.0 Å². The smallest absolute Gasteiger partial charge is 0.331 e. The van der Waals surface area contributed by atoms with Crippen LogP contribution >= 0.6 is 0 Å². The third-order valence-corrected chi connectivity index (χ3v) is 4.72. The average molecular weight is 446 g/mol. The molecule has 1 unspecified atom stereocenters. The number of rotatable bonds is 8. The summed E-state index contributed by atoms with van der Waals surface area (Å²) in [5, 5.41) is 13.9. The van der Waals surface area contributed by atoms with Crippen molar-refractivity contribution in [1.82, 2.24) is 0 Å². The Kier molecular flexibility index (Phi) is 7.54. The summed E-state index contributed by atoms with van der Waals surface area (Å²) in [6, 6.07) is 19.9. The summed E-state index contributed by atoms with van der Waals surface area (Å²) in [4.78, 5) is 36.2. The second-order valence-corrected chi connectivity index (χ2v) is 7.07. The van der Waals surface area contributed by atoms with Crippen molar-refractivity contribution >= 4 is 29.3 Å². The van der Waals surface area contributed by atoms with Gasteiger partial charge in [-0.2, -0.15) is 0 Å². The number of carbonyl (C=O) groups excluding carboxylic acids is 2. The zero-order valence-electron chi connectivity index (χ0n) is 18.1. The largest absolute Gasteiger partial charge is 0.495 e. The number of ether oxygens (including phenoxy) is 2. The molecular weight excluding hydrogens is 424 g/mol. The molecule has 33 heavy (non-hydrogen) atoms. The van der Waals surface area contributed by atoms with E-state index in [2.05, 4.69) is 5.32 Å². The lowest BCUT2D eigenvalue weighted by atomic mass is 10.1. The molecule has 0 saturated carbocycles. The normalized spacial score (nSPS) is 11.6. The Morgan fingerprint density at radius 2 is 1.73 bits per heavy atom. The van der Waals surface area contributed by atoms with E-state index in [4.69, 9.17) is 9.47 Å². The molecule has 1 amide bonds. The van der Waals surface area contributed by atoms with E-state index in [-0.39, 0.29) is 11.3 Å². The van der Waals surface area contributed by atoms with Crippen molar-refractivity contribution in [3.8, 4) is 5.75 Å².